The number of carbonyl (C=O) groups is 2. The quantitative estimate of drug-likeness (QED) is 0.593. The molecule has 0 bridgehead atoms. The maximum absolute atomic E-state index is 13.4. The van der Waals surface area contributed by atoms with Crippen molar-refractivity contribution in [3.63, 3.8) is 0 Å². The summed E-state index contributed by atoms with van der Waals surface area (Å²) < 4.78 is 20.4. The van der Waals surface area contributed by atoms with Crippen molar-refractivity contribution in [1.82, 2.24) is 29.9 Å². The van der Waals surface area contributed by atoms with E-state index in [4.69, 9.17) is 4.74 Å². The summed E-state index contributed by atoms with van der Waals surface area (Å²) in [6.07, 6.45) is 1.16. The molecule has 2 aromatic heterocycles. The molecule has 2 heterocycles. The van der Waals surface area contributed by atoms with Crippen molar-refractivity contribution in [2.45, 2.75) is 13.5 Å². The van der Waals surface area contributed by atoms with E-state index >= 15 is 0 Å². The molecular formula is C16H15FN6O4. The summed E-state index contributed by atoms with van der Waals surface area (Å²) in [6, 6.07) is 5.59. The number of carbonyl (C=O) groups excluding carboxylic acids is 2. The van der Waals surface area contributed by atoms with Crippen molar-refractivity contribution in [2.75, 3.05) is 13.2 Å². The highest BCUT2D eigenvalue weighted by atomic mass is 19.1. The molecule has 27 heavy (non-hydrogen) atoms. The van der Waals surface area contributed by atoms with Gasteiger partial charge in [0.05, 0.1) is 12.3 Å². The van der Waals surface area contributed by atoms with Crippen LogP contribution in [0.5, 0.6) is 0 Å². The minimum Gasteiger partial charge on any atom is -0.465 e. The van der Waals surface area contributed by atoms with Gasteiger partial charge in [-0.3, -0.25) is 19.0 Å². The van der Waals surface area contributed by atoms with Crippen LogP contribution in [0.4, 0.5) is 4.39 Å². The van der Waals surface area contributed by atoms with Gasteiger partial charge in [-0.05, 0) is 25.1 Å². The van der Waals surface area contributed by atoms with Gasteiger partial charge in [0, 0.05) is 0 Å². The molecule has 1 aromatic carbocycles. The predicted molar refractivity (Wildman–Crippen MR) is 90.5 cm³/mol. The Morgan fingerprint density at radius 1 is 1.33 bits per heavy atom. The molecule has 140 valence electrons. The predicted octanol–water partition coefficient (Wildman–Crippen LogP) is -0.204. The lowest BCUT2D eigenvalue weighted by molar-refractivity contribution is -0.143. The van der Waals surface area contributed by atoms with Crippen molar-refractivity contribution in [3.05, 3.63) is 46.8 Å². The average molecular weight is 374 g/mol. The van der Waals surface area contributed by atoms with Gasteiger partial charge in [0.15, 0.2) is 11.2 Å². The number of nitrogens with one attached hydrogen (secondary N) is 1. The maximum atomic E-state index is 13.4. The highest BCUT2D eigenvalue weighted by Gasteiger charge is 2.15. The lowest BCUT2D eigenvalue weighted by Crippen LogP contribution is -2.36. The van der Waals surface area contributed by atoms with Crippen LogP contribution in [-0.2, 0) is 20.9 Å². The van der Waals surface area contributed by atoms with Gasteiger partial charge < -0.3 is 10.1 Å². The first kappa shape index (κ1) is 18.2. The molecule has 0 aliphatic carbocycles. The van der Waals surface area contributed by atoms with E-state index in [2.05, 4.69) is 20.6 Å². The number of ether oxygens (including phenoxy) is 1. The third kappa shape index (κ3) is 3.97. The first-order valence-electron chi connectivity index (χ1n) is 7.98. The number of aromatic nitrogens is 5. The molecule has 10 nitrogen and oxygen atoms in total. The van der Waals surface area contributed by atoms with Crippen LogP contribution in [0.25, 0.3) is 16.9 Å². The molecule has 1 amide bonds. The fourth-order valence-corrected chi connectivity index (χ4v) is 2.33. The van der Waals surface area contributed by atoms with E-state index in [-0.39, 0.29) is 30.9 Å². The molecule has 0 aliphatic rings. The zero-order valence-electron chi connectivity index (χ0n) is 14.3. The smallest absolute Gasteiger partial charge is 0.325 e. The molecule has 3 rings (SSSR count). The molecule has 3 aromatic rings. The summed E-state index contributed by atoms with van der Waals surface area (Å²) >= 11 is 0. The van der Waals surface area contributed by atoms with Crippen molar-refractivity contribution < 1.29 is 18.7 Å². The summed E-state index contributed by atoms with van der Waals surface area (Å²) in [7, 11) is 0. The van der Waals surface area contributed by atoms with Gasteiger partial charge in [-0.15, -0.1) is 5.10 Å². The Labute approximate surface area is 151 Å². The van der Waals surface area contributed by atoms with E-state index < -0.39 is 23.3 Å². The monoisotopic (exact) mass is 374 g/mol. The second-order valence-corrected chi connectivity index (χ2v) is 5.41. The summed E-state index contributed by atoms with van der Waals surface area (Å²) in [6.45, 7) is 1.20. The molecule has 0 unspecified atom stereocenters. The Morgan fingerprint density at radius 2 is 2.15 bits per heavy atom. The number of hydrogen-bond donors (Lipinski definition) is 1. The van der Waals surface area contributed by atoms with Crippen LogP contribution in [0.15, 0.2) is 35.4 Å². The van der Waals surface area contributed by atoms with Crippen LogP contribution < -0.4 is 10.9 Å². The number of hydrogen-bond acceptors (Lipinski definition) is 7. The zero-order chi connectivity index (χ0) is 19.4. The molecular weight excluding hydrogens is 359 g/mol. The average Bonchev–Trinajstić information content (AvgIpc) is 3.07. The fraction of sp³-hybridized carbons (Fsp3) is 0.250. The Hall–Kier alpha value is -3.63. The number of halogens is 1. The Morgan fingerprint density at radius 3 is 2.89 bits per heavy atom. The summed E-state index contributed by atoms with van der Waals surface area (Å²) in [5.41, 5.74) is -0.169. The van der Waals surface area contributed by atoms with E-state index in [1.54, 1.807) is 13.0 Å². The van der Waals surface area contributed by atoms with Gasteiger partial charge >= 0.3 is 5.97 Å². The van der Waals surface area contributed by atoms with Crippen LogP contribution in [-0.4, -0.2) is 49.6 Å². The Kier molecular flexibility index (Phi) is 5.20. The molecule has 1 N–H and O–H groups in total. The van der Waals surface area contributed by atoms with E-state index in [0.29, 0.717) is 5.69 Å². The molecule has 0 atom stereocenters. The number of nitrogens with zero attached hydrogens (tertiary/aromatic N) is 5. The Balaban J connectivity index is 1.81. The van der Waals surface area contributed by atoms with Crippen molar-refractivity contribution in [3.8, 4) is 5.69 Å². The maximum Gasteiger partial charge on any atom is 0.325 e. The number of rotatable bonds is 6. The van der Waals surface area contributed by atoms with E-state index in [9.17, 15) is 18.8 Å². The van der Waals surface area contributed by atoms with Gasteiger partial charge in [0.25, 0.3) is 5.56 Å². The molecule has 0 radical (unpaired) electrons. The van der Waals surface area contributed by atoms with Crippen LogP contribution in [0, 0.1) is 5.82 Å². The number of benzene rings is 1. The molecule has 0 saturated carbocycles. The van der Waals surface area contributed by atoms with Crippen molar-refractivity contribution in [2.24, 2.45) is 0 Å². The first-order valence-corrected chi connectivity index (χ1v) is 7.98. The number of esters is 1. The normalized spacial score (nSPS) is 10.7. The topological polar surface area (TPSA) is 121 Å². The van der Waals surface area contributed by atoms with Crippen LogP contribution in [0.1, 0.15) is 6.92 Å². The summed E-state index contributed by atoms with van der Waals surface area (Å²) in [5.74, 6) is -1.61. The van der Waals surface area contributed by atoms with Crippen molar-refractivity contribution >= 4 is 23.0 Å². The first-order chi connectivity index (χ1) is 13.0. The van der Waals surface area contributed by atoms with Crippen LogP contribution >= 0.6 is 0 Å². The fourth-order valence-electron chi connectivity index (χ4n) is 2.33. The largest absolute Gasteiger partial charge is 0.465 e. The zero-order valence-corrected chi connectivity index (χ0v) is 14.3. The second kappa shape index (κ2) is 7.72. The Bertz CT molecular complexity index is 1060. The van der Waals surface area contributed by atoms with E-state index in [1.807, 2.05) is 0 Å². The number of amides is 1. The minimum absolute atomic E-state index is 0.0695. The number of fused-ring (bicyclic) bond motifs is 1. The van der Waals surface area contributed by atoms with Gasteiger partial charge in [0.1, 0.15) is 25.2 Å². The van der Waals surface area contributed by atoms with E-state index in [1.165, 1.54) is 22.9 Å². The van der Waals surface area contributed by atoms with E-state index in [0.717, 1.165) is 10.9 Å². The van der Waals surface area contributed by atoms with Crippen molar-refractivity contribution in [1.29, 1.82) is 0 Å². The van der Waals surface area contributed by atoms with Gasteiger partial charge in [0.2, 0.25) is 5.91 Å². The highest BCUT2D eigenvalue weighted by molar-refractivity contribution is 5.82. The third-order valence-electron chi connectivity index (χ3n) is 3.53. The third-order valence-corrected chi connectivity index (χ3v) is 3.53. The molecule has 11 heteroatoms. The molecule has 0 aliphatic heterocycles. The summed E-state index contributed by atoms with van der Waals surface area (Å²) in [4.78, 5) is 39.7. The molecule has 0 fully saturated rings. The minimum atomic E-state index is -0.589. The highest BCUT2D eigenvalue weighted by Crippen LogP contribution is 2.12. The summed E-state index contributed by atoms with van der Waals surface area (Å²) in [5, 5.41) is 9.95. The lowest BCUT2D eigenvalue weighted by atomic mass is 10.3. The van der Waals surface area contributed by atoms with Gasteiger partial charge in [-0.2, -0.15) is 4.68 Å². The van der Waals surface area contributed by atoms with Crippen LogP contribution in [0.3, 0.4) is 0 Å². The van der Waals surface area contributed by atoms with Gasteiger partial charge in [-0.25, -0.2) is 9.37 Å². The SMILES string of the molecule is CCOC(=O)CNC(=O)Cn1cnc2c(nnn2-c2cccc(F)c2)c1=O. The second-order valence-electron chi connectivity index (χ2n) is 5.41. The molecule has 0 saturated heterocycles. The standard InChI is InChI=1S/C16H15FN6O4/c1-2-27-13(25)7-18-12(24)8-22-9-19-15-14(16(22)26)20-21-23(15)11-5-3-4-10(17)6-11/h3-6,9H,2,7-8H2,1H3,(H,18,24). The lowest BCUT2D eigenvalue weighted by Gasteiger charge is -2.07. The van der Waals surface area contributed by atoms with Gasteiger partial charge in [-0.1, -0.05) is 11.3 Å². The van der Waals surface area contributed by atoms with Crippen LogP contribution in [0.2, 0.25) is 0 Å². The molecule has 0 spiro atoms.